The molecule has 15 aromatic rings. The molecule has 0 unspecified atom stereocenters. The highest BCUT2D eigenvalue weighted by atomic mass is 16.3. The third kappa shape index (κ3) is 7.16. The smallest absolute Gasteiger partial charge is 0.238 e. The van der Waals surface area contributed by atoms with Crippen molar-refractivity contribution in [1.29, 1.82) is 0 Å². The maximum atomic E-state index is 6.44. The molecule has 0 N–H and O–H groups in total. The zero-order chi connectivity index (χ0) is 51.9. The predicted octanol–water partition coefficient (Wildman–Crippen LogP) is 16.8. The van der Waals surface area contributed by atoms with Crippen LogP contribution in [-0.2, 0) is 5.41 Å². The first-order valence-corrected chi connectivity index (χ1v) is 26.2. The van der Waals surface area contributed by atoms with Gasteiger partial charge in [-0.1, -0.05) is 220 Å². The van der Waals surface area contributed by atoms with E-state index in [9.17, 15) is 0 Å². The van der Waals surface area contributed by atoms with Gasteiger partial charge in [0.25, 0.3) is 0 Å². The molecule has 9 nitrogen and oxygen atoms in total. The second-order valence-corrected chi connectivity index (χ2v) is 20.2. The van der Waals surface area contributed by atoms with E-state index in [-0.39, 0.29) is 5.41 Å². The topological polar surface area (TPSA) is 100 Å². The lowest BCUT2D eigenvalue weighted by atomic mass is 9.80. The van der Waals surface area contributed by atoms with Crippen molar-refractivity contribution in [1.82, 2.24) is 39.0 Å². The molecule has 0 bridgehead atoms. The summed E-state index contributed by atoms with van der Waals surface area (Å²) < 4.78 is 10.8. The molecule has 78 heavy (non-hydrogen) atoms. The Morgan fingerprint density at radius 2 is 0.731 bits per heavy atom. The number of nitrogens with zero attached hydrogens (tertiary/aromatic N) is 8. The Morgan fingerprint density at radius 1 is 0.321 bits per heavy atom. The number of para-hydroxylation sites is 3. The number of rotatable bonds is 6. The maximum Gasteiger partial charge on any atom is 0.238 e. The van der Waals surface area contributed by atoms with E-state index < -0.39 is 0 Å². The third-order valence-corrected chi connectivity index (χ3v) is 15.3. The molecule has 0 amide bonds. The van der Waals surface area contributed by atoms with E-state index in [2.05, 4.69) is 120 Å². The summed E-state index contributed by atoms with van der Waals surface area (Å²) in [6, 6.07) is 83.1. The van der Waals surface area contributed by atoms with Crippen LogP contribution in [0.2, 0.25) is 0 Å². The van der Waals surface area contributed by atoms with Crippen LogP contribution >= 0.6 is 0 Å². The number of benzene rings is 10. The fraction of sp³-hybridized carbons (Fsp3) is 0.0435. The van der Waals surface area contributed by atoms with Crippen molar-refractivity contribution in [3.63, 3.8) is 0 Å². The summed E-state index contributed by atoms with van der Waals surface area (Å²) >= 11 is 0. The number of fused-ring (bicyclic) bond motifs is 14. The Balaban J connectivity index is 0.000000136. The fourth-order valence-electron chi connectivity index (χ4n) is 11.8. The molecule has 0 spiro atoms. The van der Waals surface area contributed by atoms with Gasteiger partial charge in [0.15, 0.2) is 23.3 Å². The van der Waals surface area contributed by atoms with Crippen LogP contribution in [0, 0.1) is 0 Å². The van der Waals surface area contributed by atoms with Gasteiger partial charge in [-0.25, -0.2) is 9.97 Å². The zero-order valence-electron chi connectivity index (χ0n) is 42.6. The Kier molecular flexibility index (Phi) is 10.3. The molecule has 9 heteroatoms. The molecule has 0 saturated carbocycles. The molecule has 1 aliphatic rings. The summed E-state index contributed by atoms with van der Waals surface area (Å²) in [5.41, 5.74) is 15.0. The first-order chi connectivity index (χ1) is 38.5. The van der Waals surface area contributed by atoms with Crippen molar-refractivity contribution in [2.75, 3.05) is 0 Å². The molecule has 368 valence electrons. The summed E-state index contributed by atoms with van der Waals surface area (Å²) in [7, 11) is 0. The minimum atomic E-state index is -0.135. The summed E-state index contributed by atoms with van der Waals surface area (Å²) in [6.07, 6.45) is 0. The highest BCUT2D eigenvalue weighted by Gasteiger charge is 2.38. The lowest BCUT2D eigenvalue weighted by Gasteiger charge is -2.22. The van der Waals surface area contributed by atoms with Gasteiger partial charge in [0.2, 0.25) is 11.9 Å². The molecule has 5 heterocycles. The molecule has 0 fully saturated rings. The van der Waals surface area contributed by atoms with Crippen LogP contribution in [0.3, 0.4) is 0 Å². The Labute approximate surface area is 448 Å². The van der Waals surface area contributed by atoms with E-state index in [1.807, 2.05) is 146 Å². The summed E-state index contributed by atoms with van der Waals surface area (Å²) in [5.74, 6) is 3.76. The van der Waals surface area contributed by atoms with Crippen molar-refractivity contribution in [3.05, 3.63) is 254 Å². The molecule has 0 atom stereocenters. The van der Waals surface area contributed by atoms with E-state index in [0.717, 1.165) is 77.0 Å². The van der Waals surface area contributed by atoms with Gasteiger partial charge >= 0.3 is 0 Å². The van der Waals surface area contributed by atoms with Crippen molar-refractivity contribution < 1.29 is 4.42 Å². The maximum absolute atomic E-state index is 6.44. The van der Waals surface area contributed by atoms with Gasteiger partial charge in [-0.2, -0.15) is 19.9 Å². The predicted molar refractivity (Wildman–Crippen MR) is 315 cm³/mol. The standard InChI is InChI=1S/C36H26N4.C33H20N4O/c1-36(2)28-19-11-9-17-25(28)26-21-22-30-31(32(26)36)27-18-10-12-20-29(27)40(30)35-38-33(23-13-5-3-6-14-23)37-34(39-35)24-15-7-4-8-16-24;1-3-11-21(12-4-1)31-34-32(22-13-5-2-6-14-22)36-33(35-31)37-26-17-9-7-16-25(26)29-27(37)20-19-24-23-15-8-10-18-28(23)38-30(24)29/h3-22H,1-2H3;1-20H. The van der Waals surface area contributed by atoms with Crippen LogP contribution in [0.5, 0.6) is 0 Å². The minimum Gasteiger partial charge on any atom is -0.455 e. The van der Waals surface area contributed by atoms with E-state index in [0.29, 0.717) is 35.2 Å². The van der Waals surface area contributed by atoms with Gasteiger partial charge in [-0.15, -0.1) is 0 Å². The highest BCUT2D eigenvalue weighted by molar-refractivity contribution is 6.24. The molecule has 5 aromatic heterocycles. The second-order valence-electron chi connectivity index (χ2n) is 20.2. The van der Waals surface area contributed by atoms with Crippen LogP contribution in [0.15, 0.2) is 247 Å². The first kappa shape index (κ1) is 45.0. The number of furan rings is 1. The van der Waals surface area contributed by atoms with Gasteiger partial charge in [0, 0.05) is 54.6 Å². The lowest BCUT2D eigenvalue weighted by Crippen LogP contribution is -2.15. The van der Waals surface area contributed by atoms with E-state index >= 15 is 0 Å². The lowest BCUT2D eigenvalue weighted by molar-refractivity contribution is 0.666. The summed E-state index contributed by atoms with van der Waals surface area (Å²) in [4.78, 5) is 30.0. The van der Waals surface area contributed by atoms with Crippen molar-refractivity contribution in [3.8, 4) is 68.6 Å². The molecule has 16 rings (SSSR count). The number of hydrogen-bond acceptors (Lipinski definition) is 7. The SMILES string of the molecule is CC1(C)c2ccccc2-c2ccc3c(c21)c1ccccc1n3-c1nc(-c2ccccc2)nc(-c2ccccc2)n1.c1ccc(-c2nc(-c3ccccc3)nc(-n3c4ccccc4c4c5oc6ccccc6c5ccc43)n2)cc1. The van der Waals surface area contributed by atoms with Crippen molar-refractivity contribution >= 4 is 65.6 Å². The highest BCUT2D eigenvalue weighted by Crippen LogP contribution is 2.53. The van der Waals surface area contributed by atoms with Crippen molar-refractivity contribution in [2.24, 2.45) is 0 Å². The van der Waals surface area contributed by atoms with Crippen LogP contribution in [0.1, 0.15) is 25.0 Å². The van der Waals surface area contributed by atoms with Gasteiger partial charge in [-0.3, -0.25) is 9.13 Å². The molecular formula is C69H46N8O. The average molecular weight is 1000 g/mol. The van der Waals surface area contributed by atoms with Gasteiger partial charge in [0.1, 0.15) is 11.2 Å². The summed E-state index contributed by atoms with van der Waals surface area (Å²) in [6.45, 7) is 4.68. The van der Waals surface area contributed by atoms with Crippen molar-refractivity contribution in [2.45, 2.75) is 19.3 Å². The molecule has 0 radical (unpaired) electrons. The van der Waals surface area contributed by atoms with Crippen LogP contribution in [-0.4, -0.2) is 39.0 Å². The molecule has 10 aromatic carbocycles. The molecule has 0 saturated heterocycles. The normalized spacial score (nSPS) is 12.6. The van der Waals surface area contributed by atoms with Crippen LogP contribution in [0.25, 0.3) is 134 Å². The van der Waals surface area contributed by atoms with E-state index in [1.54, 1.807) is 0 Å². The molecule has 1 aliphatic carbocycles. The van der Waals surface area contributed by atoms with E-state index in [1.165, 1.54) is 33.0 Å². The molecule has 0 aliphatic heterocycles. The monoisotopic (exact) mass is 1000 g/mol. The second kappa shape index (κ2) is 17.9. The fourth-order valence-corrected chi connectivity index (χ4v) is 11.8. The van der Waals surface area contributed by atoms with Crippen LogP contribution < -0.4 is 0 Å². The largest absolute Gasteiger partial charge is 0.455 e. The van der Waals surface area contributed by atoms with Gasteiger partial charge in [0.05, 0.1) is 27.5 Å². The van der Waals surface area contributed by atoms with Crippen LogP contribution in [0.4, 0.5) is 0 Å². The summed E-state index contributed by atoms with van der Waals surface area (Å²) in [5, 5.41) is 6.82. The Morgan fingerprint density at radius 3 is 1.26 bits per heavy atom. The third-order valence-electron chi connectivity index (χ3n) is 15.3. The van der Waals surface area contributed by atoms with E-state index in [4.69, 9.17) is 34.3 Å². The molecular weight excluding hydrogens is 957 g/mol. The Hall–Kier alpha value is -10.4. The number of hydrogen-bond donors (Lipinski definition) is 0. The quantitative estimate of drug-likeness (QED) is 0.164. The first-order valence-electron chi connectivity index (χ1n) is 26.2. The average Bonchev–Trinajstić information content (AvgIpc) is 4.43. The minimum absolute atomic E-state index is 0.135. The number of aromatic nitrogens is 8. The Bertz CT molecular complexity index is 4700. The van der Waals surface area contributed by atoms with Gasteiger partial charge in [-0.05, 0) is 58.7 Å². The zero-order valence-corrected chi connectivity index (χ0v) is 42.6. The van der Waals surface area contributed by atoms with Gasteiger partial charge < -0.3 is 4.42 Å².